The molecule has 1 N–H and O–H groups in total. The maximum absolute atomic E-state index is 11.0. The molecule has 20 heavy (non-hydrogen) atoms. The first-order valence-corrected chi connectivity index (χ1v) is 6.45. The molecule has 0 saturated heterocycles. The first-order chi connectivity index (χ1) is 9.60. The molecule has 1 aromatic heterocycles. The Kier molecular flexibility index (Phi) is 4.36. The largest absolute Gasteiger partial charge is 0.478 e. The molecule has 0 spiro atoms. The Bertz CT molecular complexity index is 623. The number of thioether (sulfide) groups is 1. The summed E-state index contributed by atoms with van der Waals surface area (Å²) < 4.78 is 9.84. The fraction of sp³-hybridized carbons (Fsp3) is 0.167. The molecular formula is C12H10N2O5S. The van der Waals surface area contributed by atoms with Crippen molar-refractivity contribution in [3.63, 3.8) is 0 Å². The number of esters is 1. The Labute approximate surface area is 118 Å². The van der Waals surface area contributed by atoms with Gasteiger partial charge in [0.15, 0.2) is 0 Å². The van der Waals surface area contributed by atoms with Crippen LogP contribution < -0.4 is 0 Å². The van der Waals surface area contributed by atoms with Crippen molar-refractivity contribution < 1.29 is 23.8 Å². The van der Waals surface area contributed by atoms with E-state index in [2.05, 4.69) is 14.9 Å². The second-order valence-corrected chi connectivity index (χ2v) is 4.55. The number of methoxy groups -OCH3 is 1. The van der Waals surface area contributed by atoms with Gasteiger partial charge < -0.3 is 14.3 Å². The number of carboxylic acid groups (broad SMARTS) is 1. The predicted octanol–water partition coefficient (Wildman–Crippen LogP) is 1.70. The summed E-state index contributed by atoms with van der Waals surface area (Å²) in [4.78, 5) is 21.7. The van der Waals surface area contributed by atoms with E-state index in [-0.39, 0.29) is 28.4 Å². The van der Waals surface area contributed by atoms with Crippen molar-refractivity contribution in [2.45, 2.75) is 5.22 Å². The average Bonchev–Trinajstić information content (AvgIpc) is 2.93. The van der Waals surface area contributed by atoms with Crippen LogP contribution in [-0.2, 0) is 9.53 Å². The number of rotatable bonds is 5. The zero-order valence-electron chi connectivity index (χ0n) is 10.4. The van der Waals surface area contributed by atoms with Gasteiger partial charge in [-0.05, 0) is 24.3 Å². The topological polar surface area (TPSA) is 103 Å². The van der Waals surface area contributed by atoms with E-state index >= 15 is 0 Å². The third-order valence-corrected chi connectivity index (χ3v) is 3.12. The van der Waals surface area contributed by atoms with Crippen LogP contribution in [0.3, 0.4) is 0 Å². The smallest absolute Gasteiger partial charge is 0.335 e. The van der Waals surface area contributed by atoms with Crippen LogP contribution in [0.4, 0.5) is 0 Å². The van der Waals surface area contributed by atoms with Gasteiger partial charge in [0.1, 0.15) is 5.75 Å². The quantitative estimate of drug-likeness (QED) is 0.656. The normalized spacial score (nSPS) is 10.2. The maximum Gasteiger partial charge on any atom is 0.335 e. The van der Waals surface area contributed by atoms with Crippen molar-refractivity contribution >= 4 is 23.7 Å². The van der Waals surface area contributed by atoms with E-state index in [9.17, 15) is 9.59 Å². The first-order valence-electron chi connectivity index (χ1n) is 5.47. The number of aromatic carboxylic acids is 1. The number of carbonyl (C=O) groups excluding carboxylic acids is 1. The third kappa shape index (κ3) is 3.35. The van der Waals surface area contributed by atoms with E-state index in [0.29, 0.717) is 5.56 Å². The summed E-state index contributed by atoms with van der Waals surface area (Å²) in [5.74, 6) is -1.05. The minimum absolute atomic E-state index is 0.0794. The summed E-state index contributed by atoms with van der Waals surface area (Å²) in [6, 6.07) is 6.05. The second kappa shape index (κ2) is 6.20. The third-order valence-electron chi connectivity index (χ3n) is 2.33. The number of hydrogen-bond acceptors (Lipinski definition) is 7. The molecule has 0 radical (unpaired) electrons. The van der Waals surface area contributed by atoms with E-state index in [1.807, 2.05) is 0 Å². The van der Waals surface area contributed by atoms with E-state index < -0.39 is 5.97 Å². The molecule has 1 heterocycles. The molecule has 0 unspecified atom stereocenters. The number of nitrogens with zero attached hydrogens (tertiary/aromatic N) is 2. The first kappa shape index (κ1) is 14.1. The molecule has 104 valence electrons. The number of carbonyl (C=O) groups is 2. The molecule has 0 bridgehead atoms. The number of aromatic nitrogens is 2. The van der Waals surface area contributed by atoms with Crippen molar-refractivity contribution in [3.05, 3.63) is 29.8 Å². The molecule has 2 aromatic rings. The van der Waals surface area contributed by atoms with Crippen molar-refractivity contribution in [2.24, 2.45) is 0 Å². The van der Waals surface area contributed by atoms with Crippen LogP contribution in [0.1, 0.15) is 10.4 Å². The van der Waals surface area contributed by atoms with Crippen molar-refractivity contribution in [2.75, 3.05) is 12.9 Å². The van der Waals surface area contributed by atoms with Crippen molar-refractivity contribution in [1.82, 2.24) is 10.2 Å². The fourth-order valence-electron chi connectivity index (χ4n) is 1.32. The second-order valence-electron chi connectivity index (χ2n) is 3.62. The van der Waals surface area contributed by atoms with Gasteiger partial charge in [0.05, 0.1) is 12.7 Å². The maximum atomic E-state index is 11.0. The van der Waals surface area contributed by atoms with Crippen LogP contribution >= 0.6 is 11.8 Å². The molecule has 0 saturated carbocycles. The highest BCUT2D eigenvalue weighted by molar-refractivity contribution is 7.99. The van der Waals surface area contributed by atoms with Gasteiger partial charge >= 0.3 is 11.9 Å². The van der Waals surface area contributed by atoms with Crippen LogP contribution in [0.2, 0.25) is 0 Å². The molecular weight excluding hydrogens is 284 g/mol. The fourth-order valence-corrected chi connectivity index (χ4v) is 1.92. The number of carboxylic acids is 1. The van der Waals surface area contributed by atoms with Gasteiger partial charge in [-0.1, -0.05) is 11.8 Å². The number of ether oxygens (including phenoxy) is 1. The van der Waals surface area contributed by atoms with Gasteiger partial charge in [0.2, 0.25) is 5.89 Å². The lowest BCUT2D eigenvalue weighted by Crippen LogP contribution is -2.02. The Hall–Kier alpha value is -2.35. The summed E-state index contributed by atoms with van der Waals surface area (Å²) in [5, 5.41) is 16.6. The van der Waals surface area contributed by atoms with Gasteiger partial charge in [-0.2, -0.15) is 0 Å². The van der Waals surface area contributed by atoms with E-state index in [1.54, 1.807) is 12.1 Å². The molecule has 0 aliphatic rings. The number of hydrogen-bond donors (Lipinski definition) is 1. The molecule has 0 atom stereocenters. The van der Waals surface area contributed by atoms with E-state index in [1.165, 1.54) is 19.2 Å². The van der Waals surface area contributed by atoms with Crippen LogP contribution in [0, 0.1) is 0 Å². The minimum atomic E-state index is -1.00. The van der Waals surface area contributed by atoms with E-state index in [4.69, 9.17) is 9.52 Å². The van der Waals surface area contributed by atoms with Crippen LogP contribution in [0.15, 0.2) is 33.9 Å². The summed E-state index contributed by atoms with van der Waals surface area (Å²) in [7, 11) is 1.30. The lowest BCUT2D eigenvalue weighted by Gasteiger charge is -1.96. The SMILES string of the molecule is COC(=O)CSc1nnc(-c2ccc(C(=O)O)cc2)o1. The van der Waals surface area contributed by atoms with Crippen molar-refractivity contribution in [3.8, 4) is 11.5 Å². The summed E-state index contributed by atoms with van der Waals surface area (Å²) in [6.45, 7) is 0. The van der Waals surface area contributed by atoms with Gasteiger partial charge in [-0.25, -0.2) is 4.79 Å². The highest BCUT2D eigenvalue weighted by Crippen LogP contribution is 2.23. The highest BCUT2D eigenvalue weighted by atomic mass is 32.2. The van der Waals surface area contributed by atoms with Crippen LogP contribution in [0.25, 0.3) is 11.5 Å². The van der Waals surface area contributed by atoms with Gasteiger partial charge in [0, 0.05) is 5.56 Å². The highest BCUT2D eigenvalue weighted by Gasteiger charge is 2.12. The Morgan fingerprint density at radius 3 is 2.60 bits per heavy atom. The zero-order valence-corrected chi connectivity index (χ0v) is 11.2. The van der Waals surface area contributed by atoms with Crippen molar-refractivity contribution in [1.29, 1.82) is 0 Å². The summed E-state index contributed by atoms with van der Waals surface area (Å²) in [6.07, 6.45) is 0. The lowest BCUT2D eigenvalue weighted by atomic mass is 10.1. The summed E-state index contributed by atoms with van der Waals surface area (Å²) >= 11 is 1.07. The van der Waals surface area contributed by atoms with Gasteiger partial charge in [0.25, 0.3) is 5.22 Å². The molecule has 0 amide bonds. The Morgan fingerprint density at radius 1 is 1.30 bits per heavy atom. The molecule has 1 aromatic carbocycles. The molecule has 7 nitrogen and oxygen atoms in total. The van der Waals surface area contributed by atoms with Crippen LogP contribution in [0.5, 0.6) is 0 Å². The van der Waals surface area contributed by atoms with Gasteiger partial charge in [-0.15, -0.1) is 10.2 Å². The standard InChI is InChI=1S/C12H10N2O5S/c1-18-9(15)6-20-12-14-13-10(19-12)7-2-4-8(5-3-7)11(16)17/h2-5H,6H2,1H3,(H,16,17). The lowest BCUT2D eigenvalue weighted by molar-refractivity contribution is -0.137. The molecule has 0 aliphatic heterocycles. The Morgan fingerprint density at radius 2 is 2.00 bits per heavy atom. The van der Waals surface area contributed by atoms with E-state index in [0.717, 1.165) is 11.8 Å². The molecule has 0 aliphatic carbocycles. The number of benzene rings is 1. The monoisotopic (exact) mass is 294 g/mol. The predicted molar refractivity (Wildman–Crippen MR) is 69.4 cm³/mol. The molecule has 8 heteroatoms. The van der Waals surface area contributed by atoms with Gasteiger partial charge in [-0.3, -0.25) is 4.79 Å². The van der Waals surface area contributed by atoms with Crippen LogP contribution in [-0.4, -0.2) is 40.1 Å². The Balaban J connectivity index is 2.08. The average molecular weight is 294 g/mol. The molecule has 2 rings (SSSR count). The molecule has 0 fully saturated rings. The zero-order chi connectivity index (χ0) is 14.5. The summed E-state index contributed by atoms with van der Waals surface area (Å²) in [5.41, 5.74) is 0.779. The minimum Gasteiger partial charge on any atom is -0.478 e.